The molecule has 3 heterocycles. The van der Waals surface area contributed by atoms with Gasteiger partial charge in [0.25, 0.3) is 0 Å². The summed E-state index contributed by atoms with van der Waals surface area (Å²) in [6, 6.07) is 1.96. The van der Waals surface area contributed by atoms with Crippen molar-refractivity contribution in [3.63, 3.8) is 0 Å². The van der Waals surface area contributed by atoms with Gasteiger partial charge in [-0.15, -0.1) is 0 Å². The van der Waals surface area contributed by atoms with E-state index in [1.807, 2.05) is 6.07 Å². The molecule has 0 unspecified atom stereocenters. The van der Waals surface area contributed by atoms with E-state index in [-0.39, 0.29) is 6.10 Å². The summed E-state index contributed by atoms with van der Waals surface area (Å²) < 4.78 is 5.94. The summed E-state index contributed by atoms with van der Waals surface area (Å²) in [7, 11) is 2.13. The van der Waals surface area contributed by atoms with Gasteiger partial charge in [-0.1, -0.05) is 6.92 Å². The van der Waals surface area contributed by atoms with E-state index in [2.05, 4.69) is 44.4 Å². The van der Waals surface area contributed by atoms with Crippen LogP contribution in [-0.4, -0.2) is 51.3 Å². The lowest BCUT2D eigenvalue weighted by Crippen LogP contribution is -2.35. The van der Waals surface area contributed by atoms with Crippen molar-refractivity contribution < 1.29 is 4.74 Å². The molecule has 0 amide bonds. The van der Waals surface area contributed by atoms with Gasteiger partial charge >= 0.3 is 0 Å². The van der Waals surface area contributed by atoms with E-state index >= 15 is 0 Å². The lowest BCUT2D eigenvalue weighted by atomic mass is 10.1. The monoisotopic (exact) mass is 302 g/mol. The second-order valence-corrected chi connectivity index (χ2v) is 5.62. The number of hydrogen-bond donors (Lipinski definition) is 2. The molecular formula is C15H22N6O. The van der Waals surface area contributed by atoms with E-state index in [9.17, 15) is 0 Å². The van der Waals surface area contributed by atoms with Crippen molar-refractivity contribution >= 4 is 11.6 Å². The number of hydrogen-bond acceptors (Lipinski definition) is 6. The average Bonchev–Trinajstić information content (AvgIpc) is 2.98. The summed E-state index contributed by atoms with van der Waals surface area (Å²) in [5.41, 5.74) is 1.08. The molecule has 22 heavy (non-hydrogen) atoms. The van der Waals surface area contributed by atoms with Gasteiger partial charge in [-0.05, 0) is 26.3 Å². The maximum Gasteiger partial charge on any atom is 0.234 e. The number of ether oxygens (including phenoxy) is 1. The maximum absolute atomic E-state index is 5.94. The molecule has 0 saturated carbocycles. The van der Waals surface area contributed by atoms with Crippen LogP contribution >= 0.6 is 0 Å². The Hall–Kier alpha value is -2.15. The molecule has 118 valence electrons. The van der Waals surface area contributed by atoms with Crippen LogP contribution in [0.1, 0.15) is 25.5 Å². The Balaban J connectivity index is 1.62. The highest BCUT2D eigenvalue weighted by Crippen LogP contribution is 2.19. The van der Waals surface area contributed by atoms with Crippen LogP contribution < -0.4 is 10.1 Å². The number of likely N-dealkylation sites (tertiary alicyclic amines) is 1. The van der Waals surface area contributed by atoms with E-state index in [1.54, 1.807) is 12.4 Å². The van der Waals surface area contributed by atoms with Gasteiger partial charge in [-0.3, -0.25) is 10.1 Å². The number of aromatic nitrogens is 4. The molecule has 3 rings (SSSR count). The zero-order chi connectivity index (χ0) is 15.4. The summed E-state index contributed by atoms with van der Waals surface area (Å²) in [5.74, 6) is 1.94. The predicted octanol–water partition coefficient (Wildman–Crippen LogP) is 1.98. The Morgan fingerprint density at radius 2 is 2.14 bits per heavy atom. The molecule has 2 aromatic heterocycles. The van der Waals surface area contributed by atoms with Crippen LogP contribution in [0.15, 0.2) is 18.5 Å². The summed E-state index contributed by atoms with van der Waals surface area (Å²) >= 11 is 0. The van der Waals surface area contributed by atoms with E-state index in [4.69, 9.17) is 4.74 Å². The standard InChI is InChI=1S/C15H22N6O/c1-3-11-8-13(20-19-11)17-14-9-16-10-15(18-14)22-12-4-6-21(2)7-5-12/h8-10,12H,3-7H2,1-2H3,(H2,17,18,19,20). The topological polar surface area (TPSA) is 79.0 Å². The van der Waals surface area contributed by atoms with Gasteiger partial charge in [0.05, 0.1) is 12.4 Å². The van der Waals surface area contributed by atoms with Gasteiger partial charge in [0.2, 0.25) is 5.88 Å². The van der Waals surface area contributed by atoms with Crippen molar-refractivity contribution in [1.82, 2.24) is 25.1 Å². The zero-order valence-electron chi connectivity index (χ0n) is 13.0. The highest BCUT2D eigenvalue weighted by Gasteiger charge is 2.18. The number of nitrogens with zero attached hydrogens (tertiary/aromatic N) is 4. The zero-order valence-corrected chi connectivity index (χ0v) is 13.0. The molecule has 1 aliphatic rings. The molecule has 0 aliphatic carbocycles. The first-order valence-corrected chi connectivity index (χ1v) is 7.71. The Morgan fingerprint density at radius 1 is 1.32 bits per heavy atom. The van der Waals surface area contributed by atoms with E-state index < -0.39 is 0 Å². The molecule has 0 spiro atoms. The van der Waals surface area contributed by atoms with Gasteiger partial charge in [-0.2, -0.15) is 10.1 Å². The highest BCUT2D eigenvalue weighted by atomic mass is 16.5. The van der Waals surface area contributed by atoms with Crippen molar-refractivity contribution in [3.05, 3.63) is 24.2 Å². The van der Waals surface area contributed by atoms with Gasteiger partial charge in [0.15, 0.2) is 11.6 Å². The number of rotatable bonds is 5. The minimum Gasteiger partial charge on any atom is -0.473 e. The Kier molecular flexibility index (Phi) is 4.53. The lowest BCUT2D eigenvalue weighted by Gasteiger charge is -2.28. The van der Waals surface area contributed by atoms with Gasteiger partial charge in [-0.25, -0.2) is 0 Å². The third kappa shape index (κ3) is 3.73. The molecule has 0 radical (unpaired) electrons. The first kappa shape index (κ1) is 14.8. The normalized spacial score (nSPS) is 16.6. The van der Waals surface area contributed by atoms with E-state index in [1.165, 1.54) is 0 Å². The fraction of sp³-hybridized carbons (Fsp3) is 0.533. The van der Waals surface area contributed by atoms with Crippen LogP contribution in [0.5, 0.6) is 5.88 Å². The van der Waals surface area contributed by atoms with E-state index in [0.29, 0.717) is 11.7 Å². The fourth-order valence-corrected chi connectivity index (χ4v) is 2.48. The molecule has 2 N–H and O–H groups in total. The van der Waals surface area contributed by atoms with Gasteiger partial charge in [0, 0.05) is 24.8 Å². The molecule has 0 bridgehead atoms. The summed E-state index contributed by atoms with van der Waals surface area (Å²) in [6.45, 7) is 4.19. The SMILES string of the molecule is CCc1cc(Nc2cncc(OC3CCN(C)CC3)n2)n[nH]1. The van der Waals surface area contributed by atoms with Crippen LogP contribution in [0.4, 0.5) is 11.6 Å². The van der Waals surface area contributed by atoms with E-state index in [0.717, 1.165) is 43.9 Å². The molecule has 0 aromatic carbocycles. The first-order chi connectivity index (χ1) is 10.7. The van der Waals surface area contributed by atoms with Crippen molar-refractivity contribution in [1.29, 1.82) is 0 Å². The smallest absolute Gasteiger partial charge is 0.234 e. The number of nitrogens with one attached hydrogen (secondary N) is 2. The van der Waals surface area contributed by atoms with Gasteiger partial charge < -0.3 is 15.0 Å². The summed E-state index contributed by atoms with van der Waals surface area (Å²) in [4.78, 5) is 11.0. The summed E-state index contributed by atoms with van der Waals surface area (Å²) in [6.07, 6.45) is 6.51. The minimum absolute atomic E-state index is 0.220. The fourth-order valence-electron chi connectivity index (χ4n) is 2.48. The number of aryl methyl sites for hydroxylation is 1. The largest absolute Gasteiger partial charge is 0.473 e. The Bertz CT molecular complexity index is 606. The lowest BCUT2D eigenvalue weighted by molar-refractivity contribution is 0.110. The van der Waals surface area contributed by atoms with Crippen LogP contribution in [0.2, 0.25) is 0 Å². The molecule has 1 saturated heterocycles. The van der Waals surface area contributed by atoms with Crippen molar-refractivity contribution in [3.8, 4) is 5.88 Å². The number of H-pyrrole nitrogens is 1. The number of piperidine rings is 1. The number of aromatic amines is 1. The molecule has 1 aliphatic heterocycles. The van der Waals surface area contributed by atoms with Crippen LogP contribution in [-0.2, 0) is 6.42 Å². The Labute approximate surface area is 130 Å². The van der Waals surface area contributed by atoms with Crippen LogP contribution in [0, 0.1) is 0 Å². The molecule has 2 aromatic rings. The summed E-state index contributed by atoms with van der Waals surface area (Å²) in [5, 5.41) is 10.3. The van der Waals surface area contributed by atoms with Crippen molar-refractivity contribution in [2.45, 2.75) is 32.3 Å². The molecule has 7 heteroatoms. The highest BCUT2D eigenvalue weighted by molar-refractivity contribution is 5.51. The van der Waals surface area contributed by atoms with Gasteiger partial charge in [0.1, 0.15) is 6.10 Å². The maximum atomic E-state index is 5.94. The molecular weight excluding hydrogens is 280 g/mol. The van der Waals surface area contributed by atoms with Crippen LogP contribution in [0.25, 0.3) is 0 Å². The molecule has 0 atom stereocenters. The third-order valence-electron chi connectivity index (χ3n) is 3.83. The Morgan fingerprint density at radius 3 is 2.86 bits per heavy atom. The first-order valence-electron chi connectivity index (χ1n) is 7.71. The second kappa shape index (κ2) is 6.74. The average molecular weight is 302 g/mol. The predicted molar refractivity (Wildman–Crippen MR) is 84.4 cm³/mol. The second-order valence-electron chi connectivity index (χ2n) is 5.62. The van der Waals surface area contributed by atoms with Crippen LogP contribution in [0.3, 0.4) is 0 Å². The molecule has 1 fully saturated rings. The minimum atomic E-state index is 0.220. The number of anilines is 2. The van der Waals surface area contributed by atoms with Crippen molar-refractivity contribution in [2.24, 2.45) is 0 Å². The van der Waals surface area contributed by atoms with Crippen molar-refractivity contribution in [2.75, 3.05) is 25.5 Å². The molecule has 7 nitrogen and oxygen atoms in total. The quantitative estimate of drug-likeness (QED) is 0.879. The third-order valence-corrected chi connectivity index (χ3v) is 3.83.